The van der Waals surface area contributed by atoms with Gasteiger partial charge < -0.3 is 9.64 Å². The van der Waals surface area contributed by atoms with Crippen LogP contribution in [0.25, 0.3) is 0 Å². The molecule has 1 atom stereocenters. The molecular weight excluding hydrogens is 336 g/mol. The van der Waals surface area contributed by atoms with Crippen molar-refractivity contribution in [1.82, 2.24) is 0 Å². The Balaban J connectivity index is 2.02. The van der Waals surface area contributed by atoms with Crippen molar-refractivity contribution < 1.29 is 13.2 Å². The van der Waals surface area contributed by atoms with E-state index in [1.54, 1.807) is 24.3 Å². The van der Waals surface area contributed by atoms with Gasteiger partial charge in [0.1, 0.15) is 5.75 Å². The molecule has 0 saturated carbocycles. The van der Waals surface area contributed by atoms with Crippen LogP contribution in [0.3, 0.4) is 0 Å². The van der Waals surface area contributed by atoms with Crippen molar-refractivity contribution in [3.63, 3.8) is 0 Å². The highest BCUT2D eigenvalue weighted by Crippen LogP contribution is 2.38. The van der Waals surface area contributed by atoms with E-state index in [-0.39, 0.29) is 10.9 Å². The zero-order valence-corrected chi connectivity index (χ0v) is 15.7. The van der Waals surface area contributed by atoms with Crippen LogP contribution < -0.4 is 13.9 Å². The number of anilines is 2. The number of nitrogens with zero attached hydrogens (tertiary/aromatic N) is 2. The van der Waals surface area contributed by atoms with Gasteiger partial charge in [0.25, 0.3) is 10.0 Å². The molecule has 3 rings (SSSR count). The number of benzene rings is 2. The summed E-state index contributed by atoms with van der Waals surface area (Å²) in [4.78, 5) is 2.52. The molecule has 0 radical (unpaired) electrons. The van der Waals surface area contributed by atoms with Crippen LogP contribution in [0.1, 0.15) is 20.8 Å². The molecule has 0 N–H and O–H groups in total. The Hall–Kier alpha value is -2.21. The van der Waals surface area contributed by atoms with Gasteiger partial charge in [0, 0.05) is 12.6 Å². The minimum Gasteiger partial charge on any atom is -0.494 e. The van der Waals surface area contributed by atoms with Crippen LogP contribution >= 0.6 is 0 Å². The minimum atomic E-state index is -3.62. The van der Waals surface area contributed by atoms with Crippen molar-refractivity contribution in [3.8, 4) is 5.75 Å². The number of likely N-dealkylation sites (N-methyl/N-ethyl adjacent to an activating group) is 1. The molecule has 25 heavy (non-hydrogen) atoms. The van der Waals surface area contributed by atoms with Crippen molar-refractivity contribution in [2.24, 2.45) is 0 Å². The third-order valence-electron chi connectivity index (χ3n) is 4.49. The third-order valence-corrected chi connectivity index (χ3v) is 6.28. The van der Waals surface area contributed by atoms with E-state index in [1.807, 2.05) is 31.2 Å². The standard InChI is InChI=1S/C19H24N2O3S/c1-4-20-15(3)14-21(19-9-7-6-8-18(19)20)25(22,23)17-12-10-16(11-13-17)24-5-2/h6-13,15H,4-5,14H2,1-3H3. The van der Waals surface area contributed by atoms with E-state index >= 15 is 0 Å². The molecule has 2 aromatic carbocycles. The third kappa shape index (κ3) is 3.18. The highest BCUT2D eigenvalue weighted by atomic mass is 32.2. The van der Waals surface area contributed by atoms with Gasteiger partial charge in [-0.3, -0.25) is 4.31 Å². The van der Waals surface area contributed by atoms with E-state index in [9.17, 15) is 8.42 Å². The molecule has 0 bridgehead atoms. The van der Waals surface area contributed by atoms with Gasteiger partial charge >= 0.3 is 0 Å². The Morgan fingerprint density at radius 1 is 1.04 bits per heavy atom. The van der Waals surface area contributed by atoms with Crippen molar-refractivity contribution in [1.29, 1.82) is 0 Å². The first-order valence-electron chi connectivity index (χ1n) is 8.60. The quantitative estimate of drug-likeness (QED) is 0.819. The number of rotatable bonds is 5. The van der Waals surface area contributed by atoms with Gasteiger partial charge in [-0.25, -0.2) is 8.42 Å². The van der Waals surface area contributed by atoms with Gasteiger partial charge in [-0.1, -0.05) is 12.1 Å². The number of fused-ring (bicyclic) bond motifs is 1. The van der Waals surface area contributed by atoms with Crippen molar-refractivity contribution >= 4 is 21.4 Å². The van der Waals surface area contributed by atoms with Gasteiger partial charge in [0.05, 0.1) is 29.4 Å². The van der Waals surface area contributed by atoms with Gasteiger partial charge in [-0.2, -0.15) is 0 Å². The highest BCUT2D eigenvalue weighted by Gasteiger charge is 2.34. The van der Waals surface area contributed by atoms with Crippen LogP contribution in [0.15, 0.2) is 53.4 Å². The normalized spacial score (nSPS) is 17.3. The number of hydrogen-bond acceptors (Lipinski definition) is 4. The fourth-order valence-electron chi connectivity index (χ4n) is 3.30. The molecule has 1 aliphatic rings. The Kier molecular flexibility index (Phi) is 4.90. The molecule has 1 heterocycles. The zero-order valence-electron chi connectivity index (χ0n) is 14.8. The number of para-hydroxylation sites is 2. The molecule has 134 valence electrons. The van der Waals surface area contributed by atoms with Crippen LogP contribution in [-0.4, -0.2) is 34.2 Å². The van der Waals surface area contributed by atoms with Gasteiger partial charge in [0.15, 0.2) is 0 Å². The van der Waals surface area contributed by atoms with E-state index in [0.717, 1.165) is 17.9 Å². The highest BCUT2D eigenvalue weighted by molar-refractivity contribution is 7.92. The predicted molar refractivity (Wildman–Crippen MR) is 101 cm³/mol. The Bertz CT molecular complexity index is 834. The summed E-state index contributed by atoms with van der Waals surface area (Å²) in [5.41, 5.74) is 1.69. The molecule has 0 amide bonds. The fraction of sp³-hybridized carbons (Fsp3) is 0.368. The smallest absolute Gasteiger partial charge is 0.264 e. The Morgan fingerprint density at radius 2 is 1.68 bits per heavy atom. The molecule has 0 aliphatic carbocycles. The molecule has 1 unspecified atom stereocenters. The van der Waals surface area contributed by atoms with Crippen molar-refractivity contribution in [2.45, 2.75) is 31.7 Å². The van der Waals surface area contributed by atoms with E-state index < -0.39 is 10.0 Å². The summed E-state index contributed by atoms with van der Waals surface area (Å²) < 4.78 is 33.4. The van der Waals surface area contributed by atoms with Crippen LogP contribution in [0, 0.1) is 0 Å². The Labute approximate surface area is 149 Å². The lowest BCUT2D eigenvalue weighted by molar-refractivity contribution is 0.340. The molecule has 0 spiro atoms. The largest absolute Gasteiger partial charge is 0.494 e. The first-order chi connectivity index (χ1) is 12.0. The van der Waals surface area contributed by atoms with E-state index in [1.165, 1.54) is 4.31 Å². The minimum absolute atomic E-state index is 0.109. The SMILES string of the molecule is CCOc1ccc(S(=O)(=O)N2CC(C)N(CC)c3ccccc32)cc1. The van der Waals surface area contributed by atoms with Crippen LogP contribution in [0.5, 0.6) is 5.75 Å². The van der Waals surface area contributed by atoms with E-state index in [4.69, 9.17) is 4.74 Å². The summed E-state index contributed by atoms with van der Waals surface area (Å²) >= 11 is 0. The first-order valence-corrected chi connectivity index (χ1v) is 10.0. The lowest BCUT2D eigenvalue weighted by atomic mass is 10.1. The monoisotopic (exact) mass is 360 g/mol. The second kappa shape index (κ2) is 6.96. The van der Waals surface area contributed by atoms with Crippen LogP contribution in [0.2, 0.25) is 0 Å². The first kappa shape index (κ1) is 17.6. The summed E-state index contributed by atoms with van der Waals surface area (Å²) in [5.74, 6) is 0.672. The van der Waals surface area contributed by atoms with E-state index in [0.29, 0.717) is 18.9 Å². The maximum atomic E-state index is 13.2. The maximum Gasteiger partial charge on any atom is 0.264 e. The maximum absolute atomic E-state index is 13.2. The van der Waals surface area contributed by atoms with Crippen molar-refractivity contribution in [2.75, 3.05) is 28.9 Å². The summed E-state index contributed by atoms with van der Waals surface area (Å²) in [6, 6.07) is 14.4. The number of sulfonamides is 1. The molecule has 6 heteroatoms. The number of ether oxygens (including phenoxy) is 1. The average molecular weight is 360 g/mol. The second-order valence-electron chi connectivity index (χ2n) is 6.06. The lowest BCUT2D eigenvalue weighted by Gasteiger charge is -2.42. The summed E-state index contributed by atoms with van der Waals surface area (Å²) in [5, 5.41) is 0. The van der Waals surface area contributed by atoms with Gasteiger partial charge in [-0.05, 0) is 57.2 Å². The molecule has 2 aromatic rings. The number of hydrogen-bond donors (Lipinski definition) is 0. The molecule has 1 aliphatic heterocycles. The lowest BCUT2D eigenvalue weighted by Crippen LogP contribution is -2.49. The predicted octanol–water partition coefficient (Wildman–Crippen LogP) is 3.51. The van der Waals surface area contributed by atoms with E-state index in [2.05, 4.69) is 18.7 Å². The van der Waals surface area contributed by atoms with Gasteiger partial charge in [0.2, 0.25) is 0 Å². The average Bonchev–Trinajstić information content (AvgIpc) is 2.62. The summed E-state index contributed by atoms with van der Waals surface area (Å²) in [7, 11) is -3.62. The summed E-state index contributed by atoms with van der Waals surface area (Å²) in [6.45, 7) is 7.87. The van der Waals surface area contributed by atoms with Crippen LogP contribution in [0.4, 0.5) is 11.4 Å². The molecular formula is C19H24N2O3S. The zero-order chi connectivity index (χ0) is 18.0. The Morgan fingerprint density at radius 3 is 2.28 bits per heavy atom. The fourth-order valence-corrected chi connectivity index (χ4v) is 4.86. The molecule has 0 aromatic heterocycles. The van der Waals surface area contributed by atoms with Gasteiger partial charge in [-0.15, -0.1) is 0 Å². The topological polar surface area (TPSA) is 49.9 Å². The molecule has 0 saturated heterocycles. The summed E-state index contributed by atoms with van der Waals surface area (Å²) in [6.07, 6.45) is 0. The van der Waals surface area contributed by atoms with Crippen molar-refractivity contribution in [3.05, 3.63) is 48.5 Å². The second-order valence-corrected chi connectivity index (χ2v) is 7.93. The molecule has 5 nitrogen and oxygen atoms in total. The molecule has 0 fully saturated rings. The van der Waals surface area contributed by atoms with Crippen LogP contribution in [-0.2, 0) is 10.0 Å².